The molecular weight excluding hydrogens is 262 g/mol. The van der Waals surface area contributed by atoms with E-state index in [1.807, 2.05) is 0 Å². The first kappa shape index (κ1) is 12.7. The molecule has 1 aromatic rings. The number of rotatable bonds is 4. The summed E-state index contributed by atoms with van der Waals surface area (Å²) in [5, 5.41) is 4.09. The Morgan fingerprint density at radius 2 is 2.37 bits per heavy atom. The van der Waals surface area contributed by atoms with Crippen LogP contribution in [0, 0.1) is 17.8 Å². The van der Waals surface area contributed by atoms with Gasteiger partial charge in [-0.05, 0) is 48.5 Å². The topological polar surface area (TPSA) is 77.2 Å². The van der Waals surface area contributed by atoms with Gasteiger partial charge in [0, 0.05) is 6.54 Å². The molecule has 1 aromatic heterocycles. The molecule has 2 aliphatic carbocycles. The lowest BCUT2D eigenvalue weighted by Gasteiger charge is -2.22. The van der Waals surface area contributed by atoms with Crippen molar-refractivity contribution in [2.75, 3.05) is 24.7 Å². The molecule has 0 spiro atoms. The van der Waals surface area contributed by atoms with Gasteiger partial charge in [-0.3, -0.25) is 0 Å². The van der Waals surface area contributed by atoms with E-state index in [-0.39, 0.29) is 5.82 Å². The lowest BCUT2D eigenvalue weighted by atomic mass is 9.89. The van der Waals surface area contributed by atoms with Crippen LogP contribution in [-0.4, -0.2) is 24.0 Å². The van der Waals surface area contributed by atoms with Gasteiger partial charge < -0.3 is 15.8 Å². The van der Waals surface area contributed by atoms with E-state index < -0.39 is 5.97 Å². The van der Waals surface area contributed by atoms with Crippen molar-refractivity contribution in [2.24, 2.45) is 17.8 Å². The third-order valence-corrected chi connectivity index (χ3v) is 5.34. The highest BCUT2D eigenvalue weighted by atomic mass is 32.1. The second-order valence-electron chi connectivity index (χ2n) is 5.58. The van der Waals surface area contributed by atoms with Crippen LogP contribution in [0.15, 0.2) is 0 Å². The van der Waals surface area contributed by atoms with Gasteiger partial charge in [0.1, 0.15) is 10.6 Å². The highest BCUT2D eigenvalue weighted by molar-refractivity contribution is 7.11. The molecule has 3 rings (SSSR count). The molecule has 3 unspecified atom stereocenters. The Bertz CT molecular complexity index is 488. The Balaban J connectivity index is 1.65. The van der Waals surface area contributed by atoms with E-state index in [0.29, 0.717) is 5.56 Å². The van der Waals surface area contributed by atoms with Crippen LogP contribution < -0.4 is 11.1 Å². The Kier molecular flexibility index (Phi) is 3.35. The van der Waals surface area contributed by atoms with Gasteiger partial charge in [-0.15, -0.1) is 0 Å². The van der Waals surface area contributed by atoms with Crippen LogP contribution in [0.1, 0.15) is 36.0 Å². The number of methoxy groups -OCH3 is 1. The summed E-state index contributed by atoms with van der Waals surface area (Å²) in [5.41, 5.74) is 6.11. The van der Waals surface area contributed by atoms with Crippen LogP contribution >= 0.6 is 11.5 Å². The predicted molar refractivity (Wildman–Crippen MR) is 75.3 cm³/mol. The summed E-state index contributed by atoms with van der Waals surface area (Å²) in [7, 11) is 1.36. The SMILES string of the molecule is COC(=O)c1c(N)nsc1NCC1CC2CCC1C2. The largest absolute Gasteiger partial charge is 0.465 e. The number of nitrogens with two attached hydrogens (primary N) is 1. The molecule has 3 atom stereocenters. The summed E-state index contributed by atoms with van der Waals surface area (Å²) < 4.78 is 8.78. The van der Waals surface area contributed by atoms with E-state index in [0.717, 1.165) is 29.3 Å². The number of nitrogens with zero attached hydrogens (tertiary/aromatic N) is 1. The number of aromatic nitrogens is 1. The molecule has 104 valence electrons. The van der Waals surface area contributed by atoms with E-state index in [1.54, 1.807) is 0 Å². The van der Waals surface area contributed by atoms with Gasteiger partial charge in [-0.25, -0.2) is 4.79 Å². The Morgan fingerprint density at radius 3 is 3.00 bits per heavy atom. The van der Waals surface area contributed by atoms with Crippen LogP contribution in [0.3, 0.4) is 0 Å². The van der Waals surface area contributed by atoms with Gasteiger partial charge >= 0.3 is 5.97 Å². The molecule has 0 radical (unpaired) electrons. The van der Waals surface area contributed by atoms with E-state index in [1.165, 1.54) is 44.3 Å². The van der Waals surface area contributed by atoms with Crippen molar-refractivity contribution in [2.45, 2.75) is 25.7 Å². The number of esters is 1. The van der Waals surface area contributed by atoms with E-state index in [2.05, 4.69) is 9.69 Å². The number of carbonyl (C=O) groups is 1. The molecule has 6 heteroatoms. The number of hydrogen-bond acceptors (Lipinski definition) is 6. The number of ether oxygens (including phenoxy) is 1. The first-order chi connectivity index (χ1) is 9.19. The molecule has 0 saturated heterocycles. The highest BCUT2D eigenvalue weighted by Gasteiger charge is 2.39. The van der Waals surface area contributed by atoms with Gasteiger partial charge in [0.05, 0.1) is 7.11 Å². The first-order valence-corrected chi connectivity index (χ1v) is 7.53. The average molecular weight is 281 g/mol. The molecule has 2 aliphatic rings. The molecule has 2 bridgehead atoms. The minimum absolute atomic E-state index is 0.257. The maximum Gasteiger partial charge on any atom is 0.344 e. The summed E-state index contributed by atoms with van der Waals surface area (Å²) in [4.78, 5) is 11.7. The first-order valence-electron chi connectivity index (χ1n) is 6.76. The summed E-state index contributed by atoms with van der Waals surface area (Å²) >= 11 is 1.24. The van der Waals surface area contributed by atoms with Gasteiger partial charge in [0.15, 0.2) is 5.82 Å². The van der Waals surface area contributed by atoms with Gasteiger partial charge in [-0.1, -0.05) is 6.42 Å². The lowest BCUT2D eigenvalue weighted by Crippen LogP contribution is -2.20. The summed E-state index contributed by atoms with van der Waals surface area (Å²) in [6, 6.07) is 0. The van der Waals surface area contributed by atoms with Crippen molar-refractivity contribution < 1.29 is 9.53 Å². The fraction of sp³-hybridized carbons (Fsp3) is 0.692. The molecule has 2 fully saturated rings. The highest BCUT2D eigenvalue weighted by Crippen LogP contribution is 2.48. The maximum atomic E-state index is 11.7. The monoisotopic (exact) mass is 281 g/mol. The minimum Gasteiger partial charge on any atom is -0.465 e. The summed E-state index contributed by atoms with van der Waals surface area (Å²) in [5.74, 6) is 2.37. The molecular formula is C13H19N3O2S. The van der Waals surface area contributed by atoms with Gasteiger partial charge in [0.2, 0.25) is 0 Å². The number of nitrogens with one attached hydrogen (secondary N) is 1. The second-order valence-corrected chi connectivity index (χ2v) is 6.35. The molecule has 19 heavy (non-hydrogen) atoms. The third kappa shape index (κ3) is 2.29. The number of anilines is 2. The Hall–Kier alpha value is -1.30. The number of carbonyl (C=O) groups excluding carboxylic acids is 1. The van der Waals surface area contributed by atoms with E-state index in [9.17, 15) is 4.79 Å². The normalized spacial score (nSPS) is 28.6. The zero-order valence-electron chi connectivity index (χ0n) is 11.0. The zero-order valence-corrected chi connectivity index (χ0v) is 11.8. The van der Waals surface area contributed by atoms with Crippen LogP contribution in [0.2, 0.25) is 0 Å². The van der Waals surface area contributed by atoms with Crippen molar-refractivity contribution >= 4 is 28.3 Å². The molecule has 0 amide bonds. The zero-order chi connectivity index (χ0) is 13.4. The predicted octanol–water partition coefficient (Wildman–Crippen LogP) is 2.36. The number of hydrogen-bond donors (Lipinski definition) is 2. The smallest absolute Gasteiger partial charge is 0.344 e. The quantitative estimate of drug-likeness (QED) is 0.828. The van der Waals surface area contributed by atoms with Crippen LogP contribution in [0.5, 0.6) is 0 Å². The van der Waals surface area contributed by atoms with Crippen molar-refractivity contribution in [3.8, 4) is 0 Å². The van der Waals surface area contributed by atoms with Crippen molar-refractivity contribution in [3.05, 3.63) is 5.56 Å². The van der Waals surface area contributed by atoms with Crippen LogP contribution in [0.25, 0.3) is 0 Å². The van der Waals surface area contributed by atoms with Gasteiger partial charge in [-0.2, -0.15) is 4.37 Å². The summed E-state index contributed by atoms with van der Waals surface area (Å²) in [6.07, 6.45) is 5.48. The third-order valence-electron chi connectivity index (χ3n) is 4.52. The van der Waals surface area contributed by atoms with Crippen LogP contribution in [-0.2, 0) is 4.74 Å². The molecule has 3 N–H and O–H groups in total. The second kappa shape index (κ2) is 5.00. The lowest BCUT2D eigenvalue weighted by molar-refractivity contribution is 0.0603. The molecule has 0 aliphatic heterocycles. The number of nitrogen functional groups attached to an aromatic ring is 1. The van der Waals surface area contributed by atoms with Crippen molar-refractivity contribution in [1.82, 2.24) is 4.37 Å². The standard InChI is InChI=1S/C13H19N3O2S/c1-18-13(17)10-11(14)16-19-12(10)15-6-9-5-7-2-3-8(9)4-7/h7-9,15H,2-6H2,1H3,(H2,14,16). The van der Waals surface area contributed by atoms with E-state index in [4.69, 9.17) is 10.5 Å². The molecule has 5 nitrogen and oxygen atoms in total. The van der Waals surface area contributed by atoms with Crippen molar-refractivity contribution in [3.63, 3.8) is 0 Å². The van der Waals surface area contributed by atoms with E-state index >= 15 is 0 Å². The Labute approximate surface area is 116 Å². The molecule has 2 saturated carbocycles. The van der Waals surface area contributed by atoms with Crippen molar-refractivity contribution in [1.29, 1.82) is 0 Å². The molecule has 0 aromatic carbocycles. The fourth-order valence-corrected chi connectivity index (χ4v) is 4.28. The summed E-state index contributed by atoms with van der Waals surface area (Å²) in [6.45, 7) is 0.910. The Morgan fingerprint density at radius 1 is 1.53 bits per heavy atom. The molecule has 1 heterocycles. The fourth-order valence-electron chi connectivity index (χ4n) is 3.57. The maximum absolute atomic E-state index is 11.7. The van der Waals surface area contributed by atoms with Gasteiger partial charge in [0.25, 0.3) is 0 Å². The van der Waals surface area contributed by atoms with Crippen LogP contribution in [0.4, 0.5) is 10.8 Å². The minimum atomic E-state index is -0.415. The number of fused-ring (bicyclic) bond motifs is 2. The average Bonchev–Trinajstić information content (AvgIpc) is 3.10.